The summed E-state index contributed by atoms with van der Waals surface area (Å²) >= 11 is 0. The fourth-order valence-electron chi connectivity index (χ4n) is 2.57. The quantitative estimate of drug-likeness (QED) is 0.802. The molecule has 0 heterocycles. The Morgan fingerprint density at radius 3 is 2.24 bits per heavy atom. The summed E-state index contributed by atoms with van der Waals surface area (Å²) in [6.45, 7) is 6.32. The van der Waals surface area contributed by atoms with E-state index in [0.29, 0.717) is 12.5 Å². The number of hydrogen-bond donors (Lipinski definition) is 1. The lowest BCUT2D eigenvalue weighted by Gasteiger charge is -2.31. The highest BCUT2D eigenvalue weighted by Gasteiger charge is 2.39. The third-order valence-electron chi connectivity index (χ3n) is 3.42. The van der Waals surface area contributed by atoms with Crippen molar-refractivity contribution in [1.29, 1.82) is 0 Å². The van der Waals surface area contributed by atoms with Crippen molar-refractivity contribution in [2.45, 2.75) is 46.5 Å². The summed E-state index contributed by atoms with van der Waals surface area (Å²) in [4.78, 5) is 24.7. The molecule has 0 aliphatic heterocycles. The standard InChI is InChI=1S/C13H23NO3/c1-10(2)8-14(9-11(15)16)12(17)13(3)6-4-5-7-13/h10H,4-9H2,1-3H3,(H,15,16). The highest BCUT2D eigenvalue weighted by Crippen LogP contribution is 2.39. The van der Waals surface area contributed by atoms with Crippen LogP contribution in [0.1, 0.15) is 46.5 Å². The van der Waals surface area contributed by atoms with E-state index in [1.165, 1.54) is 4.90 Å². The van der Waals surface area contributed by atoms with E-state index in [4.69, 9.17) is 5.11 Å². The first-order chi connectivity index (χ1) is 7.85. The Morgan fingerprint density at radius 2 is 1.82 bits per heavy atom. The smallest absolute Gasteiger partial charge is 0.323 e. The van der Waals surface area contributed by atoms with Crippen LogP contribution in [-0.2, 0) is 9.59 Å². The van der Waals surface area contributed by atoms with E-state index in [1.54, 1.807) is 0 Å². The van der Waals surface area contributed by atoms with Crippen LogP contribution in [0, 0.1) is 11.3 Å². The number of carbonyl (C=O) groups excluding carboxylic acids is 1. The van der Waals surface area contributed by atoms with Gasteiger partial charge in [0.2, 0.25) is 5.91 Å². The van der Waals surface area contributed by atoms with Crippen LogP contribution >= 0.6 is 0 Å². The first-order valence-electron chi connectivity index (χ1n) is 6.36. The molecule has 0 aromatic heterocycles. The van der Waals surface area contributed by atoms with E-state index < -0.39 is 5.97 Å². The number of hydrogen-bond acceptors (Lipinski definition) is 2. The third-order valence-corrected chi connectivity index (χ3v) is 3.42. The number of carbonyl (C=O) groups is 2. The van der Waals surface area contributed by atoms with Crippen molar-refractivity contribution in [3.63, 3.8) is 0 Å². The molecule has 1 fully saturated rings. The number of amides is 1. The van der Waals surface area contributed by atoms with Gasteiger partial charge in [0, 0.05) is 12.0 Å². The minimum absolute atomic E-state index is 0.0195. The van der Waals surface area contributed by atoms with Gasteiger partial charge in [0.25, 0.3) is 0 Å². The van der Waals surface area contributed by atoms with Crippen molar-refractivity contribution in [3.05, 3.63) is 0 Å². The number of carboxylic acids is 1. The molecule has 0 spiro atoms. The Morgan fingerprint density at radius 1 is 1.29 bits per heavy atom. The van der Waals surface area contributed by atoms with Gasteiger partial charge in [0.1, 0.15) is 6.54 Å². The van der Waals surface area contributed by atoms with Crippen LogP contribution < -0.4 is 0 Å². The molecule has 0 bridgehead atoms. The van der Waals surface area contributed by atoms with Gasteiger partial charge < -0.3 is 10.0 Å². The van der Waals surface area contributed by atoms with Crippen LogP contribution in [0.15, 0.2) is 0 Å². The molecule has 0 saturated heterocycles. The van der Waals surface area contributed by atoms with Gasteiger partial charge in [-0.15, -0.1) is 0 Å². The van der Waals surface area contributed by atoms with Crippen LogP contribution in [0.5, 0.6) is 0 Å². The summed E-state index contributed by atoms with van der Waals surface area (Å²) in [7, 11) is 0. The van der Waals surface area contributed by atoms with Crippen molar-refractivity contribution in [2.24, 2.45) is 11.3 Å². The molecule has 17 heavy (non-hydrogen) atoms. The van der Waals surface area contributed by atoms with Crippen LogP contribution in [-0.4, -0.2) is 35.0 Å². The topological polar surface area (TPSA) is 57.6 Å². The van der Waals surface area contributed by atoms with Crippen LogP contribution in [0.25, 0.3) is 0 Å². The number of nitrogens with zero attached hydrogens (tertiary/aromatic N) is 1. The summed E-state index contributed by atoms with van der Waals surface area (Å²) < 4.78 is 0. The van der Waals surface area contributed by atoms with E-state index >= 15 is 0 Å². The van der Waals surface area contributed by atoms with Gasteiger partial charge in [-0.05, 0) is 18.8 Å². The summed E-state index contributed by atoms with van der Waals surface area (Å²) in [6.07, 6.45) is 3.93. The molecule has 4 heteroatoms. The number of rotatable bonds is 5. The molecule has 0 aromatic carbocycles. The Labute approximate surface area is 103 Å². The zero-order valence-corrected chi connectivity index (χ0v) is 11.0. The predicted molar refractivity (Wildman–Crippen MR) is 65.6 cm³/mol. The highest BCUT2D eigenvalue weighted by molar-refractivity contribution is 5.85. The Balaban J connectivity index is 2.74. The lowest BCUT2D eigenvalue weighted by molar-refractivity contribution is -0.149. The average Bonchev–Trinajstić information content (AvgIpc) is 2.63. The molecule has 1 saturated carbocycles. The lowest BCUT2D eigenvalue weighted by Crippen LogP contribution is -2.45. The van der Waals surface area contributed by atoms with Crippen molar-refractivity contribution in [1.82, 2.24) is 4.90 Å². The Hall–Kier alpha value is -1.06. The third kappa shape index (κ3) is 3.72. The molecule has 98 valence electrons. The molecule has 0 unspecified atom stereocenters. The molecule has 0 radical (unpaired) electrons. The van der Waals surface area contributed by atoms with E-state index in [2.05, 4.69) is 0 Å². The van der Waals surface area contributed by atoms with Gasteiger partial charge in [0.05, 0.1) is 0 Å². The van der Waals surface area contributed by atoms with Gasteiger partial charge in [0.15, 0.2) is 0 Å². The first-order valence-corrected chi connectivity index (χ1v) is 6.36. The zero-order chi connectivity index (χ0) is 13.1. The Bertz CT molecular complexity index is 293. The van der Waals surface area contributed by atoms with E-state index in [9.17, 15) is 9.59 Å². The maximum Gasteiger partial charge on any atom is 0.323 e. The average molecular weight is 241 g/mol. The summed E-state index contributed by atoms with van der Waals surface area (Å²) in [5.74, 6) is -0.616. The highest BCUT2D eigenvalue weighted by atomic mass is 16.4. The Kier molecular flexibility index (Phi) is 4.54. The lowest BCUT2D eigenvalue weighted by atomic mass is 9.87. The minimum Gasteiger partial charge on any atom is -0.480 e. The SMILES string of the molecule is CC(C)CN(CC(=O)O)C(=O)C1(C)CCCC1. The summed E-state index contributed by atoms with van der Waals surface area (Å²) in [5, 5.41) is 8.88. The summed E-state index contributed by atoms with van der Waals surface area (Å²) in [5.41, 5.74) is -0.329. The molecular formula is C13H23NO3. The van der Waals surface area contributed by atoms with Crippen molar-refractivity contribution >= 4 is 11.9 Å². The largest absolute Gasteiger partial charge is 0.480 e. The van der Waals surface area contributed by atoms with Crippen molar-refractivity contribution < 1.29 is 14.7 Å². The maximum absolute atomic E-state index is 12.4. The fourth-order valence-corrected chi connectivity index (χ4v) is 2.57. The number of carboxylic acid groups (broad SMARTS) is 1. The van der Waals surface area contributed by atoms with E-state index in [0.717, 1.165) is 25.7 Å². The normalized spacial score (nSPS) is 18.4. The first kappa shape index (κ1) is 14.0. The second kappa shape index (κ2) is 5.52. The minimum atomic E-state index is -0.930. The summed E-state index contributed by atoms with van der Waals surface area (Å²) in [6, 6.07) is 0. The molecule has 4 nitrogen and oxygen atoms in total. The molecule has 0 atom stereocenters. The molecule has 1 aliphatic rings. The maximum atomic E-state index is 12.4. The van der Waals surface area contributed by atoms with Crippen molar-refractivity contribution in [3.8, 4) is 0 Å². The van der Waals surface area contributed by atoms with Gasteiger partial charge in [-0.25, -0.2) is 0 Å². The monoisotopic (exact) mass is 241 g/mol. The second-order valence-corrected chi connectivity index (χ2v) is 5.74. The predicted octanol–water partition coefficient (Wildman–Crippen LogP) is 2.14. The fraction of sp³-hybridized carbons (Fsp3) is 0.846. The molecule has 0 aromatic rings. The molecule has 1 rings (SSSR count). The van der Waals surface area contributed by atoms with Gasteiger partial charge in [-0.3, -0.25) is 9.59 Å². The van der Waals surface area contributed by atoms with Gasteiger partial charge in [-0.1, -0.05) is 33.6 Å². The van der Waals surface area contributed by atoms with Crippen LogP contribution in [0.3, 0.4) is 0 Å². The second-order valence-electron chi connectivity index (χ2n) is 5.74. The van der Waals surface area contributed by atoms with Gasteiger partial charge in [-0.2, -0.15) is 0 Å². The molecule has 1 aliphatic carbocycles. The van der Waals surface area contributed by atoms with Crippen LogP contribution in [0.2, 0.25) is 0 Å². The zero-order valence-electron chi connectivity index (χ0n) is 11.0. The number of aliphatic carboxylic acids is 1. The molecule has 1 amide bonds. The molecule has 1 N–H and O–H groups in total. The van der Waals surface area contributed by atoms with Crippen molar-refractivity contribution in [2.75, 3.05) is 13.1 Å². The van der Waals surface area contributed by atoms with E-state index in [-0.39, 0.29) is 17.9 Å². The van der Waals surface area contributed by atoms with Crippen LogP contribution in [0.4, 0.5) is 0 Å². The molecular weight excluding hydrogens is 218 g/mol. The van der Waals surface area contributed by atoms with E-state index in [1.807, 2.05) is 20.8 Å². The van der Waals surface area contributed by atoms with Gasteiger partial charge >= 0.3 is 5.97 Å².